The summed E-state index contributed by atoms with van der Waals surface area (Å²) in [4.78, 5) is 23.8. The molecule has 1 unspecified atom stereocenters. The number of rotatable bonds is 3. The smallest absolute Gasteiger partial charge is 0.246 e. The maximum atomic E-state index is 12.0. The van der Waals surface area contributed by atoms with E-state index in [0.29, 0.717) is 11.3 Å². The summed E-state index contributed by atoms with van der Waals surface area (Å²) in [5.41, 5.74) is 0.454. The van der Waals surface area contributed by atoms with Gasteiger partial charge in [-0.15, -0.1) is 0 Å². The molecule has 1 atom stereocenters. The SMILES string of the molecule is CC(NC(=O)C(C)(C)C)C(=O)Nc1cccc(C#N)c1. The van der Waals surface area contributed by atoms with Crippen molar-refractivity contribution in [3.63, 3.8) is 0 Å². The Labute approximate surface area is 119 Å². The molecule has 0 spiro atoms. The number of anilines is 1. The Hall–Kier alpha value is -2.35. The van der Waals surface area contributed by atoms with Crippen LogP contribution in [0.15, 0.2) is 24.3 Å². The van der Waals surface area contributed by atoms with Crippen LogP contribution in [0.4, 0.5) is 5.69 Å². The van der Waals surface area contributed by atoms with Crippen molar-refractivity contribution in [1.82, 2.24) is 5.32 Å². The lowest BCUT2D eigenvalue weighted by atomic mass is 9.95. The summed E-state index contributed by atoms with van der Waals surface area (Å²) in [5.74, 6) is -0.511. The molecule has 0 saturated heterocycles. The number of nitriles is 1. The van der Waals surface area contributed by atoms with Gasteiger partial charge in [0.1, 0.15) is 6.04 Å². The third-order valence-electron chi connectivity index (χ3n) is 2.68. The molecule has 0 aliphatic carbocycles. The average Bonchev–Trinajstić information content (AvgIpc) is 2.37. The first-order valence-electron chi connectivity index (χ1n) is 6.36. The molecule has 1 rings (SSSR count). The van der Waals surface area contributed by atoms with Crippen molar-refractivity contribution in [1.29, 1.82) is 5.26 Å². The fraction of sp³-hybridized carbons (Fsp3) is 0.400. The molecule has 0 bridgehead atoms. The molecule has 1 aromatic rings. The second-order valence-electron chi connectivity index (χ2n) is 5.63. The van der Waals surface area contributed by atoms with Gasteiger partial charge in [-0.1, -0.05) is 26.8 Å². The predicted octanol–water partition coefficient (Wildman–Crippen LogP) is 2.05. The molecule has 106 valence electrons. The number of nitrogens with one attached hydrogen (secondary N) is 2. The minimum Gasteiger partial charge on any atom is -0.344 e. The van der Waals surface area contributed by atoms with Crippen molar-refractivity contribution in [2.45, 2.75) is 33.7 Å². The van der Waals surface area contributed by atoms with Crippen LogP contribution in [0.5, 0.6) is 0 Å². The Morgan fingerprint density at radius 1 is 1.30 bits per heavy atom. The van der Waals surface area contributed by atoms with Gasteiger partial charge in [0.05, 0.1) is 11.6 Å². The van der Waals surface area contributed by atoms with Crippen molar-refractivity contribution >= 4 is 17.5 Å². The van der Waals surface area contributed by atoms with E-state index in [0.717, 1.165) is 0 Å². The summed E-state index contributed by atoms with van der Waals surface area (Å²) >= 11 is 0. The number of hydrogen-bond acceptors (Lipinski definition) is 3. The van der Waals surface area contributed by atoms with Gasteiger partial charge in [-0.2, -0.15) is 5.26 Å². The van der Waals surface area contributed by atoms with Crippen LogP contribution in [0.1, 0.15) is 33.3 Å². The lowest BCUT2D eigenvalue weighted by Gasteiger charge is -2.21. The second-order valence-corrected chi connectivity index (χ2v) is 5.63. The van der Waals surface area contributed by atoms with E-state index in [1.807, 2.05) is 6.07 Å². The van der Waals surface area contributed by atoms with Crippen molar-refractivity contribution in [3.8, 4) is 6.07 Å². The van der Waals surface area contributed by atoms with Crippen LogP contribution in [0.2, 0.25) is 0 Å². The predicted molar refractivity (Wildman–Crippen MR) is 76.8 cm³/mol. The first kappa shape index (κ1) is 15.7. The van der Waals surface area contributed by atoms with Gasteiger partial charge in [0.2, 0.25) is 11.8 Å². The molecule has 2 N–H and O–H groups in total. The third kappa shape index (κ3) is 4.39. The van der Waals surface area contributed by atoms with E-state index in [1.54, 1.807) is 52.0 Å². The Balaban J connectivity index is 2.67. The number of nitrogens with zero attached hydrogens (tertiary/aromatic N) is 1. The molecule has 0 aromatic heterocycles. The van der Waals surface area contributed by atoms with Crippen LogP contribution in [0.3, 0.4) is 0 Å². The molecule has 0 saturated carbocycles. The molecule has 2 amide bonds. The first-order chi connectivity index (χ1) is 9.24. The molecular weight excluding hydrogens is 254 g/mol. The fourth-order valence-electron chi connectivity index (χ4n) is 1.40. The zero-order valence-corrected chi connectivity index (χ0v) is 12.2. The van der Waals surface area contributed by atoms with Gasteiger partial charge in [-0.3, -0.25) is 9.59 Å². The van der Waals surface area contributed by atoms with Crippen LogP contribution >= 0.6 is 0 Å². The summed E-state index contributed by atoms with van der Waals surface area (Å²) in [6, 6.07) is 7.97. The zero-order valence-electron chi connectivity index (χ0n) is 12.2. The van der Waals surface area contributed by atoms with Gasteiger partial charge in [-0.25, -0.2) is 0 Å². The van der Waals surface area contributed by atoms with E-state index in [9.17, 15) is 9.59 Å². The highest BCUT2D eigenvalue weighted by atomic mass is 16.2. The largest absolute Gasteiger partial charge is 0.344 e. The number of amides is 2. The Morgan fingerprint density at radius 2 is 1.95 bits per heavy atom. The van der Waals surface area contributed by atoms with E-state index in [1.165, 1.54) is 0 Å². The molecular formula is C15H19N3O2. The molecule has 0 radical (unpaired) electrons. The summed E-state index contributed by atoms with van der Waals surface area (Å²) < 4.78 is 0. The number of hydrogen-bond donors (Lipinski definition) is 2. The number of carbonyl (C=O) groups is 2. The standard InChI is InChI=1S/C15H19N3O2/c1-10(17-14(20)15(2,3)4)13(19)18-12-7-5-6-11(8-12)9-16/h5-8,10H,1-4H3,(H,17,20)(H,18,19). The quantitative estimate of drug-likeness (QED) is 0.884. The van der Waals surface area contributed by atoms with Gasteiger partial charge >= 0.3 is 0 Å². The van der Waals surface area contributed by atoms with Crippen LogP contribution in [0.25, 0.3) is 0 Å². The topological polar surface area (TPSA) is 82.0 Å². The van der Waals surface area contributed by atoms with Gasteiger partial charge in [-0.05, 0) is 25.1 Å². The highest BCUT2D eigenvalue weighted by Gasteiger charge is 2.25. The maximum Gasteiger partial charge on any atom is 0.246 e. The van der Waals surface area contributed by atoms with Gasteiger partial charge in [0.15, 0.2) is 0 Å². The molecule has 5 nitrogen and oxygen atoms in total. The van der Waals surface area contributed by atoms with Crippen LogP contribution in [-0.2, 0) is 9.59 Å². The molecule has 20 heavy (non-hydrogen) atoms. The lowest BCUT2D eigenvalue weighted by Crippen LogP contribution is -2.46. The molecule has 0 aliphatic heterocycles. The maximum absolute atomic E-state index is 12.0. The lowest BCUT2D eigenvalue weighted by molar-refractivity contribution is -0.131. The third-order valence-corrected chi connectivity index (χ3v) is 2.68. The zero-order chi connectivity index (χ0) is 15.3. The molecule has 0 heterocycles. The van der Waals surface area contributed by atoms with Gasteiger partial charge in [0.25, 0.3) is 0 Å². The van der Waals surface area contributed by atoms with Crippen LogP contribution < -0.4 is 10.6 Å². The van der Waals surface area contributed by atoms with Crippen LogP contribution in [-0.4, -0.2) is 17.9 Å². The molecule has 0 fully saturated rings. The van der Waals surface area contributed by atoms with Crippen molar-refractivity contribution < 1.29 is 9.59 Å². The fourth-order valence-corrected chi connectivity index (χ4v) is 1.40. The Kier molecular flexibility index (Phi) is 4.87. The summed E-state index contributed by atoms with van der Waals surface area (Å²) in [6.45, 7) is 6.96. The van der Waals surface area contributed by atoms with E-state index < -0.39 is 11.5 Å². The normalized spacial score (nSPS) is 12.2. The van der Waals surface area contributed by atoms with Crippen LogP contribution in [0, 0.1) is 16.7 Å². The van der Waals surface area contributed by atoms with Crippen molar-refractivity contribution in [3.05, 3.63) is 29.8 Å². The summed E-state index contributed by atoms with van der Waals surface area (Å²) in [6.07, 6.45) is 0. The highest BCUT2D eigenvalue weighted by Crippen LogP contribution is 2.13. The van der Waals surface area contributed by atoms with Gasteiger partial charge in [0, 0.05) is 11.1 Å². The number of benzene rings is 1. The summed E-state index contributed by atoms with van der Waals surface area (Å²) in [7, 11) is 0. The average molecular weight is 273 g/mol. The van der Waals surface area contributed by atoms with E-state index >= 15 is 0 Å². The highest BCUT2D eigenvalue weighted by molar-refractivity contribution is 5.97. The Bertz CT molecular complexity index is 553. The van der Waals surface area contributed by atoms with Gasteiger partial charge < -0.3 is 10.6 Å². The summed E-state index contributed by atoms with van der Waals surface area (Å²) in [5, 5.41) is 14.1. The molecule has 1 aromatic carbocycles. The Morgan fingerprint density at radius 3 is 2.50 bits per heavy atom. The molecule has 0 aliphatic rings. The van der Waals surface area contributed by atoms with E-state index in [-0.39, 0.29) is 11.8 Å². The van der Waals surface area contributed by atoms with Crippen molar-refractivity contribution in [2.24, 2.45) is 5.41 Å². The number of carbonyl (C=O) groups excluding carboxylic acids is 2. The van der Waals surface area contributed by atoms with E-state index in [2.05, 4.69) is 10.6 Å². The van der Waals surface area contributed by atoms with Crippen molar-refractivity contribution in [2.75, 3.05) is 5.32 Å². The second kappa shape index (κ2) is 6.20. The van der Waals surface area contributed by atoms with E-state index in [4.69, 9.17) is 5.26 Å². The monoisotopic (exact) mass is 273 g/mol. The first-order valence-corrected chi connectivity index (χ1v) is 6.36. The molecule has 5 heteroatoms. The minimum absolute atomic E-state index is 0.189. The minimum atomic E-state index is -0.646.